The number of hydrogen-bond acceptors (Lipinski definition) is 3. The average Bonchev–Trinajstić information content (AvgIpc) is 2.16. The summed E-state index contributed by atoms with van der Waals surface area (Å²) in [7, 11) is -3.11. The van der Waals surface area contributed by atoms with E-state index in [2.05, 4.69) is 19.2 Å². The maximum Gasteiger partial charge on any atom is 0.175 e. The van der Waals surface area contributed by atoms with Crippen molar-refractivity contribution in [2.45, 2.75) is 25.2 Å². The molecule has 0 spiro atoms. The van der Waals surface area contributed by atoms with Crippen molar-refractivity contribution in [2.75, 3.05) is 18.1 Å². The Kier molecular flexibility index (Phi) is 4.35. The van der Waals surface area contributed by atoms with Gasteiger partial charge in [0.25, 0.3) is 0 Å². The second kappa shape index (κ2) is 5.34. The SMILES string of the molecule is CC(C)CCNc1cccc(S(C)(=O)=O)c1. The number of benzene rings is 1. The number of rotatable bonds is 5. The highest BCUT2D eigenvalue weighted by molar-refractivity contribution is 7.90. The summed E-state index contributed by atoms with van der Waals surface area (Å²) in [5.74, 6) is 0.644. The van der Waals surface area contributed by atoms with Gasteiger partial charge in [0.2, 0.25) is 0 Å². The minimum absolute atomic E-state index is 0.363. The van der Waals surface area contributed by atoms with Crippen LogP contribution in [-0.2, 0) is 9.84 Å². The number of anilines is 1. The van der Waals surface area contributed by atoms with Gasteiger partial charge in [0.1, 0.15) is 0 Å². The van der Waals surface area contributed by atoms with Crippen LogP contribution in [-0.4, -0.2) is 21.2 Å². The molecule has 3 nitrogen and oxygen atoms in total. The van der Waals surface area contributed by atoms with Crippen LogP contribution in [0.15, 0.2) is 29.2 Å². The summed E-state index contributed by atoms with van der Waals surface area (Å²) in [4.78, 5) is 0.363. The van der Waals surface area contributed by atoms with Gasteiger partial charge in [0.05, 0.1) is 4.90 Å². The predicted molar refractivity (Wildman–Crippen MR) is 67.5 cm³/mol. The highest BCUT2D eigenvalue weighted by Crippen LogP contribution is 2.15. The van der Waals surface area contributed by atoms with Gasteiger partial charge in [-0.1, -0.05) is 19.9 Å². The van der Waals surface area contributed by atoms with E-state index in [9.17, 15) is 8.42 Å². The molecule has 1 rings (SSSR count). The first-order chi connectivity index (χ1) is 7.39. The van der Waals surface area contributed by atoms with Crippen LogP contribution in [0, 0.1) is 5.92 Å². The van der Waals surface area contributed by atoms with Crippen molar-refractivity contribution in [1.29, 1.82) is 0 Å². The van der Waals surface area contributed by atoms with Crippen molar-refractivity contribution >= 4 is 15.5 Å². The van der Waals surface area contributed by atoms with Gasteiger partial charge in [-0.25, -0.2) is 8.42 Å². The van der Waals surface area contributed by atoms with E-state index in [-0.39, 0.29) is 0 Å². The van der Waals surface area contributed by atoms with Gasteiger partial charge in [0, 0.05) is 18.5 Å². The van der Waals surface area contributed by atoms with Crippen LogP contribution in [0.2, 0.25) is 0 Å². The lowest BCUT2D eigenvalue weighted by Crippen LogP contribution is -2.05. The van der Waals surface area contributed by atoms with Crippen molar-refractivity contribution in [3.8, 4) is 0 Å². The minimum atomic E-state index is -3.11. The second-order valence-corrected chi connectivity index (χ2v) is 6.43. The van der Waals surface area contributed by atoms with Crippen LogP contribution in [0.5, 0.6) is 0 Å². The normalized spacial score (nSPS) is 11.8. The summed E-state index contributed by atoms with van der Waals surface area (Å²) in [5, 5.41) is 3.22. The van der Waals surface area contributed by atoms with Gasteiger partial charge in [-0.15, -0.1) is 0 Å². The van der Waals surface area contributed by atoms with Gasteiger partial charge >= 0.3 is 0 Å². The smallest absolute Gasteiger partial charge is 0.175 e. The van der Waals surface area contributed by atoms with E-state index >= 15 is 0 Å². The fraction of sp³-hybridized carbons (Fsp3) is 0.500. The van der Waals surface area contributed by atoms with Crippen molar-refractivity contribution < 1.29 is 8.42 Å². The lowest BCUT2D eigenvalue weighted by Gasteiger charge is -2.09. The predicted octanol–water partition coefficient (Wildman–Crippen LogP) is 2.55. The van der Waals surface area contributed by atoms with Gasteiger partial charge in [-0.05, 0) is 30.5 Å². The molecule has 1 N–H and O–H groups in total. The maximum absolute atomic E-state index is 11.3. The molecule has 0 saturated heterocycles. The third-order valence-electron chi connectivity index (χ3n) is 2.31. The summed E-state index contributed by atoms with van der Waals surface area (Å²) in [6.07, 6.45) is 2.29. The molecule has 1 aromatic carbocycles. The minimum Gasteiger partial charge on any atom is -0.385 e. The topological polar surface area (TPSA) is 46.2 Å². The fourth-order valence-electron chi connectivity index (χ4n) is 1.34. The molecule has 1 aromatic rings. The molecule has 16 heavy (non-hydrogen) atoms. The molecule has 0 bridgehead atoms. The first-order valence-electron chi connectivity index (χ1n) is 5.43. The molecule has 0 aliphatic heterocycles. The van der Waals surface area contributed by atoms with Crippen molar-refractivity contribution in [2.24, 2.45) is 5.92 Å². The summed E-state index contributed by atoms with van der Waals surface area (Å²) in [6, 6.07) is 6.93. The van der Waals surface area contributed by atoms with Crippen molar-refractivity contribution in [1.82, 2.24) is 0 Å². The molecular formula is C12H19NO2S. The van der Waals surface area contributed by atoms with Crippen LogP contribution >= 0.6 is 0 Å². The molecule has 0 aromatic heterocycles. The van der Waals surface area contributed by atoms with E-state index < -0.39 is 9.84 Å². The van der Waals surface area contributed by atoms with Crippen molar-refractivity contribution in [3.63, 3.8) is 0 Å². The Labute approximate surface area is 97.8 Å². The van der Waals surface area contributed by atoms with Gasteiger partial charge in [0.15, 0.2) is 9.84 Å². The number of sulfone groups is 1. The molecular weight excluding hydrogens is 222 g/mol. The Morgan fingerprint density at radius 2 is 2.00 bits per heavy atom. The summed E-state index contributed by atoms with van der Waals surface area (Å²) in [5.41, 5.74) is 0.864. The number of hydrogen-bond donors (Lipinski definition) is 1. The molecule has 4 heteroatoms. The van der Waals surface area contributed by atoms with Gasteiger partial charge in [-0.2, -0.15) is 0 Å². The standard InChI is InChI=1S/C12H19NO2S/c1-10(2)7-8-13-11-5-4-6-12(9-11)16(3,14)15/h4-6,9-10,13H,7-8H2,1-3H3. The second-order valence-electron chi connectivity index (χ2n) is 4.41. The van der Waals surface area contributed by atoms with E-state index in [0.29, 0.717) is 10.8 Å². The molecule has 0 amide bonds. The molecule has 0 atom stereocenters. The lowest BCUT2D eigenvalue weighted by atomic mass is 10.1. The van der Waals surface area contributed by atoms with Crippen LogP contribution in [0.25, 0.3) is 0 Å². The third-order valence-corrected chi connectivity index (χ3v) is 3.42. The Hall–Kier alpha value is -1.03. The van der Waals surface area contributed by atoms with Crippen LogP contribution < -0.4 is 5.32 Å². The van der Waals surface area contributed by atoms with Crippen LogP contribution in [0.4, 0.5) is 5.69 Å². The maximum atomic E-state index is 11.3. The Morgan fingerprint density at radius 3 is 2.56 bits per heavy atom. The Bertz CT molecular complexity index is 438. The Morgan fingerprint density at radius 1 is 1.31 bits per heavy atom. The fourth-order valence-corrected chi connectivity index (χ4v) is 2.01. The highest BCUT2D eigenvalue weighted by atomic mass is 32.2. The zero-order chi connectivity index (χ0) is 12.2. The highest BCUT2D eigenvalue weighted by Gasteiger charge is 2.06. The largest absolute Gasteiger partial charge is 0.385 e. The van der Waals surface area contributed by atoms with Crippen molar-refractivity contribution in [3.05, 3.63) is 24.3 Å². The molecule has 0 fully saturated rings. The molecule has 90 valence electrons. The first-order valence-corrected chi connectivity index (χ1v) is 7.32. The average molecular weight is 241 g/mol. The summed E-state index contributed by atoms with van der Waals surface area (Å²) < 4.78 is 22.7. The zero-order valence-corrected chi connectivity index (χ0v) is 10.8. The summed E-state index contributed by atoms with van der Waals surface area (Å²) in [6.45, 7) is 5.19. The summed E-state index contributed by atoms with van der Waals surface area (Å²) >= 11 is 0. The molecule has 0 unspecified atom stereocenters. The van der Waals surface area contributed by atoms with E-state index in [4.69, 9.17) is 0 Å². The van der Waals surface area contributed by atoms with E-state index in [1.165, 1.54) is 6.26 Å². The van der Waals surface area contributed by atoms with Gasteiger partial charge in [-0.3, -0.25) is 0 Å². The van der Waals surface area contributed by atoms with E-state index in [1.807, 2.05) is 6.07 Å². The third kappa shape index (κ3) is 4.23. The zero-order valence-electron chi connectivity index (χ0n) is 10.0. The Balaban J connectivity index is 2.69. The molecule has 0 aliphatic rings. The molecule has 0 heterocycles. The molecule has 0 aliphatic carbocycles. The van der Waals surface area contributed by atoms with E-state index in [1.54, 1.807) is 18.2 Å². The first kappa shape index (κ1) is 13.0. The van der Waals surface area contributed by atoms with E-state index in [0.717, 1.165) is 18.7 Å². The number of nitrogens with one attached hydrogen (secondary N) is 1. The quantitative estimate of drug-likeness (QED) is 0.861. The molecule has 0 saturated carbocycles. The van der Waals surface area contributed by atoms with Crippen LogP contribution in [0.1, 0.15) is 20.3 Å². The van der Waals surface area contributed by atoms with Gasteiger partial charge < -0.3 is 5.32 Å². The molecule has 0 radical (unpaired) electrons. The monoisotopic (exact) mass is 241 g/mol. The van der Waals surface area contributed by atoms with Crippen LogP contribution in [0.3, 0.4) is 0 Å². The lowest BCUT2D eigenvalue weighted by molar-refractivity contribution is 0.601.